The van der Waals surface area contributed by atoms with Gasteiger partial charge in [0.15, 0.2) is 11.5 Å². The van der Waals surface area contributed by atoms with Gasteiger partial charge >= 0.3 is 0 Å². The monoisotopic (exact) mass is 316 g/mol. The molecule has 0 aliphatic heterocycles. The smallest absolute Gasteiger partial charge is 0.161 e. The van der Waals surface area contributed by atoms with Gasteiger partial charge in [-0.1, -0.05) is 12.1 Å². The van der Waals surface area contributed by atoms with Gasteiger partial charge in [0.2, 0.25) is 0 Å². The summed E-state index contributed by atoms with van der Waals surface area (Å²) in [6.07, 6.45) is 1.84. The highest BCUT2D eigenvalue weighted by molar-refractivity contribution is 5.42. The summed E-state index contributed by atoms with van der Waals surface area (Å²) in [7, 11) is 3.30. The lowest BCUT2D eigenvalue weighted by Crippen LogP contribution is -2.03. The Morgan fingerprint density at radius 2 is 1.48 bits per heavy atom. The summed E-state index contributed by atoms with van der Waals surface area (Å²) in [5.74, 6) is 3.19. The van der Waals surface area contributed by atoms with Crippen LogP contribution in [-0.4, -0.2) is 27.4 Å². The van der Waals surface area contributed by atoms with E-state index in [0.29, 0.717) is 13.2 Å². The Labute approximate surface area is 137 Å². The zero-order valence-corrected chi connectivity index (χ0v) is 14.0. The van der Waals surface area contributed by atoms with Gasteiger partial charge in [-0.2, -0.15) is 0 Å². The van der Waals surface area contributed by atoms with Gasteiger partial charge in [0.1, 0.15) is 11.5 Å². The van der Waals surface area contributed by atoms with E-state index in [2.05, 4.69) is 0 Å². The van der Waals surface area contributed by atoms with Crippen molar-refractivity contribution in [2.24, 2.45) is 0 Å². The van der Waals surface area contributed by atoms with Crippen LogP contribution in [0.1, 0.15) is 18.4 Å². The number of methoxy groups -OCH3 is 2. The van der Waals surface area contributed by atoms with Crippen molar-refractivity contribution in [1.29, 1.82) is 0 Å². The number of ether oxygens (including phenoxy) is 4. The molecule has 2 rings (SSSR count). The minimum atomic E-state index is 0.640. The van der Waals surface area contributed by atoms with Crippen LogP contribution in [0, 0.1) is 6.92 Å². The molecule has 0 saturated heterocycles. The molecule has 4 nitrogen and oxygen atoms in total. The number of rotatable bonds is 9. The van der Waals surface area contributed by atoms with Gasteiger partial charge in [-0.25, -0.2) is 0 Å². The van der Waals surface area contributed by atoms with Crippen LogP contribution in [0.5, 0.6) is 23.0 Å². The number of unbranched alkanes of at least 4 members (excludes halogenated alkanes) is 1. The van der Waals surface area contributed by atoms with Gasteiger partial charge in [-0.3, -0.25) is 0 Å². The quantitative estimate of drug-likeness (QED) is 0.648. The van der Waals surface area contributed by atoms with Crippen LogP contribution in [0.15, 0.2) is 42.5 Å². The van der Waals surface area contributed by atoms with Crippen molar-refractivity contribution in [1.82, 2.24) is 0 Å². The second-order valence-electron chi connectivity index (χ2n) is 5.24. The molecule has 0 aliphatic rings. The highest BCUT2D eigenvalue weighted by atomic mass is 16.5. The third kappa shape index (κ3) is 5.40. The van der Waals surface area contributed by atoms with E-state index in [-0.39, 0.29) is 0 Å². The average molecular weight is 316 g/mol. The minimum Gasteiger partial charge on any atom is -0.497 e. The molecule has 4 heteroatoms. The van der Waals surface area contributed by atoms with E-state index in [0.717, 1.165) is 41.4 Å². The summed E-state index contributed by atoms with van der Waals surface area (Å²) < 4.78 is 22.0. The summed E-state index contributed by atoms with van der Waals surface area (Å²) >= 11 is 0. The van der Waals surface area contributed by atoms with Crippen LogP contribution in [0.2, 0.25) is 0 Å². The van der Waals surface area contributed by atoms with Crippen molar-refractivity contribution in [2.45, 2.75) is 19.8 Å². The highest BCUT2D eigenvalue weighted by Gasteiger charge is 2.04. The van der Waals surface area contributed by atoms with Gasteiger partial charge in [0.05, 0.1) is 27.4 Å². The fourth-order valence-electron chi connectivity index (χ4n) is 2.16. The summed E-state index contributed by atoms with van der Waals surface area (Å²) in [6, 6.07) is 13.6. The zero-order chi connectivity index (χ0) is 16.5. The molecule has 0 heterocycles. The molecule has 2 aromatic rings. The van der Waals surface area contributed by atoms with E-state index in [1.165, 1.54) is 0 Å². The topological polar surface area (TPSA) is 36.9 Å². The molecule has 0 N–H and O–H groups in total. The number of hydrogen-bond donors (Lipinski definition) is 0. The standard InChI is InChI=1S/C19H24O4/c1-15-9-10-18(19(13-15)21-3)23-12-5-4-11-22-17-8-6-7-16(14-17)20-2/h6-10,13-14H,4-5,11-12H2,1-3H3. The van der Waals surface area contributed by atoms with E-state index < -0.39 is 0 Å². The van der Waals surface area contributed by atoms with Crippen molar-refractivity contribution < 1.29 is 18.9 Å². The fourth-order valence-corrected chi connectivity index (χ4v) is 2.16. The molecule has 0 radical (unpaired) electrons. The molecule has 23 heavy (non-hydrogen) atoms. The van der Waals surface area contributed by atoms with E-state index in [1.807, 2.05) is 49.4 Å². The summed E-state index contributed by atoms with van der Waals surface area (Å²) in [6.45, 7) is 3.32. The van der Waals surface area contributed by atoms with Crippen LogP contribution in [-0.2, 0) is 0 Å². The zero-order valence-electron chi connectivity index (χ0n) is 14.0. The molecule has 0 atom stereocenters. The molecule has 0 spiro atoms. The van der Waals surface area contributed by atoms with Crippen LogP contribution in [0.3, 0.4) is 0 Å². The number of hydrogen-bond acceptors (Lipinski definition) is 4. The molecule has 0 fully saturated rings. The molecule has 0 aliphatic carbocycles. The Bertz CT molecular complexity index is 610. The summed E-state index contributed by atoms with van der Waals surface area (Å²) in [5, 5.41) is 0. The lowest BCUT2D eigenvalue weighted by molar-refractivity contribution is 0.258. The highest BCUT2D eigenvalue weighted by Crippen LogP contribution is 2.27. The average Bonchev–Trinajstić information content (AvgIpc) is 2.59. The Balaban J connectivity index is 1.68. The first-order valence-electron chi connectivity index (χ1n) is 7.77. The Hall–Kier alpha value is -2.36. The first-order chi connectivity index (χ1) is 11.2. The first-order valence-corrected chi connectivity index (χ1v) is 7.77. The SMILES string of the molecule is COc1cccc(OCCCCOc2ccc(C)cc2OC)c1. The van der Waals surface area contributed by atoms with E-state index >= 15 is 0 Å². The van der Waals surface area contributed by atoms with Gasteiger partial charge < -0.3 is 18.9 Å². The van der Waals surface area contributed by atoms with Crippen LogP contribution in [0.25, 0.3) is 0 Å². The van der Waals surface area contributed by atoms with Crippen LogP contribution >= 0.6 is 0 Å². The van der Waals surface area contributed by atoms with Crippen molar-refractivity contribution in [2.75, 3.05) is 27.4 Å². The van der Waals surface area contributed by atoms with Crippen molar-refractivity contribution in [3.63, 3.8) is 0 Å². The summed E-state index contributed by atoms with van der Waals surface area (Å²) in [5.41, 5.74) is 1.15. The van der Waals surface area contributed by atoms with Crippen molar-refractivity contribution in [3.8, 4) is 23.0 Å². The fraction of sp³-hybridized carbons (Fsp3) is 0.368. The number of aryl methyl sites for hydroxylation is 1. The van der Waals surface area contributed by atoms with Crippen molar-refractivity contribution in [3.05, 3.63) is 48.0 Å². The minimum absolute atomic E-state index is 0.640. The van der Waals surface area contributed by atoms with Gasteiger partial charge in [-0.05, 0) is 49.6 Å². The van der Waals surface area contributed by atoms with Gasteiger partial charge in [0.25, 0.3) is 0 Å². The Kier molecular flexibility index (Phi) is 6.60. The predicted molar refractivity (Wildman–Crippen MR) is 90.9 cm³/mol. The van der Waals surface area contributed by atoms with E-state index in [4.69, 9.17) is 18.9 Å². The number of benzene rings is 2. The molecular formula is C19H24O4. The maximum absolute atomic E-state index is 5.77. The van der Waals surface area contributed by atoms with E-state index in [1.54, 1.807) is 14.2 Å². The molecule has 0 amide bonds. The molecular weight excluding hydrogens is 292 g/mol. The summed E-state index contributed by atoms with van der Waals surface area (Å²) in [4.78, 5) is 0. The first kappa shape index (κ1) is 17.0. The molecule has 0 bridgehead atoms. The second kappa shape index (κ2) is 8.93. The van der Waals surface area contributed by atoms with Gasteiger partial charge in [0, 0.05) is 6.07 Å². The maximum atomic E-state index is 5.77. The van der Waals surface area contributed by atoms with Crippen LogP contribution < -0.4 is 18.9 Å². The molecule has 124 valence electrons. The molecule has 0 aromatic heterocycles. The van der Waals surface area contributed by atoms with Gasteiger partial charge in [-0.15, -0.1) is 0 Å². The molecule has 0 saturated carbocycles. The normalized spacial score (nSPS) is 10.2. The predicted octanol–water partition coefficient (Wildman–Crippen LogP) is 4.25. The Morgan fingerprint density at radius 3 is 2.22 bits per heavy atom. The molecule has 0 unspecified atom stereocenters. The second-order valence-corrected chi connectivity index (χ2v) is 5.24. The third-order valence-corrected chi connectivity index (χ3v) is 3.43. The van der Waals surface area contributed by atoms with E-state index in [9.17, 15) is 0 Å². The Morgan fingerprint density at radius 1 is 0.739 bits per heavy atom. The lowest BCUT2D eigenvalue weighted by atomic mass is 10.2. The van der Waals surface area contributed by atoms with Crippen LogP contribution in [0.4, 0.5) is 0 Å². The third-order valence-electron chi connectivity index (χ3n) is 3.43. The molecule has 2 aromatic carbocycles. The van der Waals surface area contributed by atoms with Crippen molar-refractivity contribution >= 4 is 0 Å². The largest absolute Gasteiger partial charge is 0.497 e. The maximum Gasteiger partial charge on any atom is 0.161 e. The lowest BCUT2D eigenvalue weighted by Gasteiger charge is -2.11.